The summed E-state index contributed by atoms with van der Waals surface area (Å²) in [6, 6.07) is 0. The van der Waals surface area contributed by atoms with Crippen molar-refractivity contribution in [1.82, 2.24) is 0 Å². The first-order valence-corrected chi connectivity index (χ1v) is 3.88. The maximum Gasteiger partial charge on any atom is 0.338 e. The number of cyclic esters (lactones) is 2. The predicted molar refractivity (Wildman–Crippen MR) is 49.9 cm³/mol. The van der Waals surface area contributed by atoms with Gasteiger partial charge in [0.05, 0.1) is 0 Å². The fourth-order valence-electron chi connectivity index (χ4n) is 0.525. The lowest BCUT2D eigenvalue weighted by atomic mass is 10.5. The lowest BCUT2D eigenvalue weighted by molar-refractivity contribution is -0.150. The molecule has 1 aliphatic heterocycles. The molecule has 0 radical (unpaired) electrons. The summed E-state index contributed by atoms with van der Waals surface area (Å²) in [5.41, 5.74) is 0. The first-order valence-electron chi connectivity index (χ1n) is 3.88. The smallest absolute Gasteiger partial charge is 0.338 e. The fourth-order valence-corrected chi connectivity index (χ4v) is 0.525. The van der Waals surface area contributed by atoms with Crippen LogP contribution in [0, 0.1) is 0 Å². The summed E-state index contributed by atoms with van der Waals surface area (Å²) in [7, 11) is 0. The summed E-state index contributed by atoms with van der Waals surface area (Å²) in [4.78, 5) is 19.8. The van der Waals surface area contributed by atoms with E-state index >= 15 is 0 Å². The quantitative estimate of drug-likeness (QED) is 0.351. The molecule has 0 saturated carbocycles. The normalized spacial score (nSPS) is 14.9. The molecule has 0 aromatic rings. The van der Waals surface area contributed by atoms with Crippen LogP contribution in [0.4, 0.5) is 0 Å². The standard InChI is InChI=1S/C6H10.C4H2O3/c1-3-5-6-4-2;5-3-1-2-4(6)7-3/h3-6H,1-2H3;1-2H. The number of rotatable bonds is 1. The lowest BCUT2D eigenvalue weighted by Gasteiger charge is -1.80. The van der Waals surface area contributed by atoms with Crippen molar-refractivity contribution in [2.24, 2.45) is 0 Å². The van der Waals surface area contributed by atoms with E-state index in [9.17, 15) is 9.59 Å². The van der Waals surface area contributed by atoms with Crippen LogP contribution in [0.15, 0.2) is 36.5 Å². The highest BCUT2D eigenvalue weighted by atomic mass is 16.6. The Morgan fingerprint density at radius 1 is 1.00 bits per heavy atom. The molecule has 0 spiro atoms. The highest BCUT2D eigenvalue weighted by Gasteiger charge is 2.10. The first kappa shape index (κ1) is 11.4. The minimum atomic E-state index is -0.579. The van der Waals surface area contributed by atoms with Gasteiger partial charge in [-0.05, 0) is 13.8 Å². The highest BCUT2D eigenvalue weighted by Crippen LogP contribution is 1.92. The molecule has 0 aliphatic carbocycles. The van der Waals surface area contributed by atoms with Crippen molar-refractivity contribution >= 4 is 11.9 Å². The summed E-state index contributed by atoms with van der Waals surface area (Å²) in [6.07, 6.45) is 10.2. The van der Waals surface area contributed by atoms with Crippen LogP contribution >= 0.6 is 0 Å². The number of ether oxygens (including phenoxy) is 1. The molecule has 13 heavy (non-hydrogen) atoms. The van der Waals surface area contributed by atoms with Gasteiger partial charge in [-0.15, -0.1) is 0 Å². The number of carbonyl (C=O) groups is 2. The van der Waals surface area contributed by atoms with Gasteiger partial charge in [-0.25, -0.2) is 9.59 Å². The Morgan fingerprint density at radius 2 is 1.38 bits per heavy atom. The van der Waals surface area contributed by atoms with Crippen LogP contribution in [0.1, 0.15) is 13.8 Å². The zero-order valence-corrected chi connectivity index (χ0v) is 7.69. The lowest BCUT2D eigenvalue weighted by Crippen LogP contribution is -1.96. The number of esters is 2. The van der Waals surface area contributed by atoms with Crippen LogP contribution in [0.2, 0.25) is 0 Å². The van der Waals surface area contributed by atoms with Crippen LogP contribution < -0.4 is 0 Å². The van der Waals surface area contributed by atoms with E-state index in [4.69, 9.17) is 0 Å². The van der Waals surface area contributed by atoms with E-state index in [1.165, 1.54) is 0 Å². The second-order valence-corrected chi connectivity index (χ2v) is 2.13. The van der Waals surface area contributed by atoms with Crippen molar-refractivity contribution in [2.45, 2.75) is 13.8 Å². The van der Waals surface area contributed by atoms with Crippen LogP contribution in [0.5, 0.6) is 0 Å². The Balaban J connectivity index is 0.000000226. The van der Waals surface area contributed by atoms with Crippen LogP contribution in [-0.2, 0) is 14.3 Å². The number of carbonyl (C=O) groups excluding carboxylic acids is 2. The average Bonchev–Trinajstić information content (AvgIpc) is 2.47. The van der Waals surface area contributed by atoms with Crippen molar-refractivity contribution in [3.63, 3.8) is 0 Å². The molecule has 0 atom stereocenters. The minimum Gasteiger partial charge on any atom is -0.387 e. The first-order chi connectivity index (χ1) is 6.20. The third-order valence-electron chi connectivity index (χ3n) is 1.05. The van der Waals surface area contributed by atoms with Crippen LogP contribution in [0.3, 0.4) is 0 Å². The summed E-state index contributed by atoms with van der Waals surface area (Å²) in [6.45, 7) is 4.00. The number of allylic oxidation sites excluding steroid dienone is 4. The van der Waals surface area contributed by atoms with E-state index in [0.717, 1.165) is 12.2 Å². The van der Waals surface area contributed by atoms with E-state index < -0.39 is 11.9 Å². The number of hydrogen-bond donors (Lipinski definition) is 0. The van der Waals surface area contributed by atoms with Gasteiger partial charge in [-0.2, -0.15) is 0 Å². The second kappa shape index (κ2) is 7.03. The third kappa shape index (κ3) is 6.75. The van der Waals surface area contributed by atoms with E-state index in [0.29, 0.717) is 0 Å². The molecule has 1 heterocycles. The monoisotopic (exact) mass is 180 g/mol. The Kier molecular flexibility index (Phi) is 6.15. The van der Waals surface area contributed by atoms with E-state index in [1.807, 2.05) is 38.2 Å². The predicted octanol–water partition coefficient (Wildman–Crippen LogP) is 1.76. The number of hydrogen-bond acceptors (Lipinski definition) is 3. The van der Waals surface area contributed by atoms with Crippen molar-refractivity contribution in [3.05, 3.63) is 36.5 Å². The van der Waals surface area contributed by atoms with Gasteiger partial charge in [0, 0.05) is 12.2 Å². The summed E-state index contributed by atoms with van der Waals surface area (Å²) in [5, 5.41) is 0. The van der Waals surface area contributed by atoms with Crippen LogP contribution in [-0.4, -0.2) is 11.9 Å². The Hall–Kier alpha value is -1.64. The van der Waals surface area contributed by atoms with Gasteiger partial charge in [-0.1, -0.05) is 24.3 Å². The molecule has 3 nitrogen and oxygen atoms in total. The summed E-state index contributed by atoms with van der Waals surface area (Å²) < 4.78 is 3.97. The molecule has 1 rings (SSSR count). The maximum absolute atomic E-state index is 9.92. The summed E-state index contributed by atoms with van der Waals surface area (Å²) >= 11 is 0. The topological polar surface area (TPSA) is 43.4 Å². The van der Waals surface area contributed by atoms with E-state index in [-0.39, 0.29) is 0 Å². The minimum absolute atomic E-state index is 0.579. The molecule has 3 heteroatoms. The maximum atomic E-state index is 9.92. The molecule has 0 fully saturated rings. The molecule has 0 bridgehead atoms. The van der Waals surface area contributed by atoms with Crippen molar-refractivity contribution in [2.75, 3.05) is 0 Å². The SMILES string of the molecule is CC=CC=CC.O=C1C=CC(=O)O1. The molecule has 0 amide bonds. The van der Waals surface area contributed by atoms with Crippen LogP contribution in [0.25, 0.3) is 0 Å². The van der Waals surface area contributed by atoms with Crippen molar-refractivity contribution < 1.29 is 14.3 Å². The molecule has 0 unspecified atom stereocenters. The third-order valence-corrected chi connectivity index (χ3v) is 1.05. The van der Waals surface area contributed by atoms with Gasteiger partial charge < -0.3 is 4.74 Å². The highest BCUT2D eigenvalue weighted by molar-refractivity contribution is 6.04. The second-order valence-electron chi connectivity index (χ2n) is 2.13. The van der Waals surface area contributed by atoms with Gasteiger partial charge in [0.1, 0.15) is 0 Å². The molecule has 0 saturated heterocycles. The molecule has 70 valence electrons. The Bertz CT molecular complexity index is 233. The Labute approximate surface area is 77.4 Å². The van der Waals surface area contributed by atoms with E-state index in [1.54, 1.807) is 0 Å². The van der Waals surface area contributed by atoms with Crippen molar-refractivity contribution in [3.8, 4) is 0 Å². The molecule has 1 aliphatic rings. The fraction of sp³-hybridized carbons (Fsp3) is 0.200. The van der Waals surface area contributed by atoms with Gasteiger partial charge in [0.15, 0.2) is 0 Å². The molecular formula is C10H12O3. The van der Waals surface area contributed by atoms with Crippen molar-refractivity contribution in [1.29, 1.82) is 0 Å². The summed E-state index contributed by atoms with van der Waals surface area (Å²) in [5.74, 6) is -1.16. The van der Waals surface area contributed by atoms with Gasteiger partial charge in [0.25, 0.3) is 0 Å². The Morgan fingerprint density at radius 3 is 1.54 bits per heavy atom. The van der Waals surface area contributed by atoms with E-state index in [2.05, 4.69) is 4.74 Å². The average molecular weight is 180 g/mol. The zero-order chi connectivity index (χ0) is 10.1. The van der Waals surface area contributed by atoms with Gasteiger partial charge in [-0.3, -0.25) is 0 Å². The largest absolute Gasteiger partial charge is 0.387 e. The molecule has 0 aromatic heterocycles. The van der Waals surface area contributed by atoms with Gasteiger partial charge >= 0.3 is 11.9 Å². The molecular weight excluding hydrogens is 168 g/mol. The van der Waals surface area contributed by atoms with Gasteiger partial charge in [0.2, 0.25) is 0 Å². The molecule has 0 aromatic carbocycles. The molecule has 0 N–H and O–H groups in total. The zero-order valence-electron chi connectivity index (χ0n) is 7.69.